The maximum Gasteiger partial charge on any atom is 0.0587 e. The van der Waals surface area contributed by atoms with Crippen molar-refractivity contribution < 1.29 is 5.11 Å². The van der Waals surface area contributed by atoms with Crippen LogP contribution >= 0.6 is 0 Å². The molecule has 0 bridgehead atoms. The third kappa shape index (κ3) is 4.96. The van der Waals surface area contributed by atoms with Gasteiger partial charge in [-0.25, -0.2) is 0 Å². The molecule has 2 nitrogen and oxygen atoms in total. The first-order chi connectivity index (χ1) is 9.28. The first-order valence-electron chi connectivity index (χ1n) is 7.66. The van der Waals surface area contributed by atoms with E-state index in [1.165, 1.54) is 31.2 Å². The third-order valence-electron chi connectivity index (χ3n) is 4.38. The Morgan fingerprint density at radius 3 is 2.47 bits per heavy atom. The Morgan fingerprint density at radius 2 is 1.84 bits per heavy atom. The number of rotatable bonds is 6. The van der Waals surface area contributed by atoms with Gasteiger partial charge in [-0.2, -0.15) is 0 Å². The molecule has 0 spiro atoms. The van der Waals surface area contributed by atoms with Crippen LogP contribution in [0.4, 0.5) is 0 Å². The van der Waals surface area contributed by atoms with Crippen LogP contribution in [0.2, 0.25) is 0 Å². The van der Waals surface area contributed by atoms with E-state index < -0.39 is 0 Å². The van der Waals surface area contributed by atoms with Gasteiger partial charge in [-0.15, -0.1) is 0 Å². The van der Waals surface area contributed by atoms with Gasteiger partial charge in [-0.3, -0.25) is 0 Å². The monoisotopic (exact) mass is 261 g/mol. The molecular formula is C17H27NO. The fourth-order valence-corrected chi connectivity index (χ4v) is 2.97. The third-order valence-corrected chi connectivity index (χ3v) is 4.38. The van der Waals surface area contributed by atoms with Gasteiger partial charge in [0.25, 0.3) is 0 Å². The van der Waals surface area contributed by atoms with Crippen molar-refractivity contribution in [3.63, 3.8) is 0 Å². The van der Waals surface area contributed by atoms with Gasteiger partial charge in [0.2, 0.25) is 0 Å². The normalized spacial score (nSPS) is 25.2. The molecule has 0 aromatic heterocycles. The molecule has 19 heavy (non-hydrogen) atoms. The number of hydrogen-bond donors (Lipinski definition) is 2. The largest absolute Gasteiger partial charge is 0.395 e. The summed E-state index contributed by atoms with van der Waals surface area (Å²) in [6.45, 7) is 3.64. The van der Waals surface area contributed by atoms with Gasteiger partial charge >= 0.3 is 0 Å². The molecule has 1 fully saturated rings. The molecule has 0 radical (unpaired) electrons. The minimum Gasteiger partial charge on any atom is -0.395 e. The quantitative estimate of drug-likeness (QED) is 0.825. The Hall–Kier alpha value is -0.860. The second-order valence-corrected chi connectivity index (χ2v) is 6.10. The van der Waals surface area contributed by atoms with Crippen molar-refractivity contribution in [3.8, 4) is 0 Å². The fourth-order valence-electron chi connectivity index (χ4n) is 2.97. The van der Waals surface area contributed by atoms with Crippen LogP contribution in [0.1, 0.15) is 38.2 Å². The molecule has 0 amide bonds. The summed E-state index contributed by atoms with van der Waals surface area (Å²) in [4.78, 5) is 0. The Bertz CT molecular complexity index is 344. The van der Waals surface area contributed by atoms with Crippen molar-refractivity contribution >= 4 is 0 Å². The van der Waals surface area contributed by atoms with E-state index in [1.807, 2.05) is 6.07 Å². The van der Waals surface area contributed by atoms with Gasteiger partial charge in [-0.05, 0) is 43.2 Å². The lowest BCUT2D eigenvalue weighted by Crippen LogP contribution is -2.38. The van der Waals surface area contributed by atoms with Crippen LogP contribution < -0.4 is 5.32 Å². The molecule has 1 unspecified atom stereocenters. The minimum atomic E-state index is 0.196. The molecule has 1 aromatic rings. The number of aliphatic hydroxyl groups excluding tert-OH is 1. The molecule has 0 heterocycles. The topological polar surface area (TPSA) is 32.3 Å². The lowest BCUT2D eigenvalue weighted by atomic mass is 9.83. The van der Waals surface area contributed by atoms with Crippen molar-refractivity contribution in [3.05, 3.63) is 35.9 Å². The smallest absolute Gasteiger partial charge is 0.0587 e. The summed E-state index contributed by atoms with van der Waals surface area (Å²) in [5.74, 6) is 1.72. The molecule has 1 aromatic carbocycles. The lowest BCUT2D eigenvalue weighted by Gasteiger charge is -2.28. The highest BCUT2D eigenvalue weighted by Crippen LogP contribution is 2.27. The molecule has 106 valence electrons. The second-order valence-electron chi connectivity index (χ2n) is 6.10. The average molecular weight is 261 g/mol. The lowest BCUT2D eigenvalue weighted by molar-refractivity contribution is 0.221. The Balaban J connectivity index is 1.73. The van der Waals surface area contributed by atoms with Crippen molar-refractivity contribution in [1.82, 2.24) is 5.32 Å². The highest BCUT2D eigenvalue weighted by molar-refractivity contribution is 5.15. The molecule has 1 saturated carbocycles. The summed E-state index contributed by atoms with van der Waals surface area (Å²) in [6, 6.07) is 10.6. The van der Waals surface area contributed by atoms with E-state index in [0.29, 0.717) is 0 Å². The van der Waals surface area contributed by atoms with E-state index in [2.05, 4.69) is 36.5 Å². The minimum absolute atomic E-state index is 0.196. The van der Waals surface area contributed by atoms with Gasteiger partial charge in [-0.1, -0.05) is 50.1 Å². The zero-order valence-corrected chi connectivity index (χ0v) is 12.0. The maximum absolute atomic E-state index is 9.50. The fraction of sp³-hybridized carbons (Fsp3) is 0.647. The number of benzene rings is 1. The summed E-state index contributed by atoms with van der Waals surface area (Å²) in [6.07, 6.45) is 6.35. The molecule has 2 rings (SSSR count). The standard InChI is InChI=1S/C17H27NO/c1-14-7-9-16(10-8-14)12-18-17(13-19)11-15-5-3-2-4-6-15/h2-6,14,16-19H,7-13H2,1H3. The Morgan fingerprint density at radius 1 is 1.16 bits per heavy atom. The zero-order chi connectivity index (χ0) is 13.5. The summed E-state index contributed by atoms with van der Waals surface area (Å²) >= 11 is 0. The van der Waals surface area contributed by atoms with Crippen molar-refractivity contribution in [2.75, 3.05) is 13.2 Å². The number of hydrogen-bond acceptors (Lipinski definition) is 2. The van der Waals surface area contributed by atoms with Gasteiger partial charge < -0.3 is 10.4 Å². The molecular weight excluding hydrogens is 234 g/mol. The van der Waals surface area contributed by atoms with E-state index in [-0.39, 0.29) is 12.6 Å². The molecule has 1 aliphatic carbocycles. The van der Waals surface area contributed by atoms with E-state index in [4.69, 9.17) is 0 Å². The highest BCUT2D eigenvalue weighted by atomic mass is 16.3. The van der Waals surface area contributed by atoms with Crippen LogP contribution in [0.15, 0.2) is 30.3 Å². The Labute approximate surface area is 117 Å². The summed E-state index contributed by atoms with van der Waals surface area (Å²) < 4.78 is 0. The zero-order valence-electron chi connectivity index (χ0n) is 12.0. The number of aliphatic hydroxyl groups is 1. The van der Waals surface area contributed by atoms with Gasteiger partial charge in [0.15, 0.2) is 0 Å². The van der Waals surface area contributed by atoms with E-state index in [0.717, 1.165) is 24.8 Å². The average Bonchev–Trinajstić information content (AvgIpc) is 2.46. The molecule has 2 heteroatoms. The van der Waals surface area contributed by atoms with E-state index in [9.17, 15) is 5.11 Å². The second kappa shape index (κ2) is 7.66. The predicted octanol–water partition coefficient (Wildman–Crippen LogP) is 3.01. The summed E-state index contributed by atoms with van der Waals surface area (Å²) in [5, 5.41) is 13.0. The van der Waals surface area contributed by atoms with Crippen molar-refractivity contribution in [1.29, 1.82) is 0 Å². The first kappa shape index (κ1) is 14.5. The van der Waals surface area contributed by atoms with Crippen LogP contribution in [0.25, 0.3) is 0 Å². The van der Waals surface area contributed by atoms with Crippen molar-refractivity contribution in [2.45, 2.75) is 45.1 Å². The molecule has 1 atom stereocenters. The van der Waals surface area contributed by atoms with Crippen LogP contribution in [-0.2, 0) is 6.42 Å². The van der Waals surface area contributed by atoms with Crippen LogP contribution in [0, 0.1) is 11.8 Å². The summed E-state index contributed by atoms with van der Waals surface area (Å²) in [5.41, 5.74) is 1.30. The SMILES string of the molecule is CC1CCC(CNC(CO)Cc2ccccc2)CC1. The first-order valence-corrected chi connectivity index (χ1v) is 7.66. The van der Waals surface area contributed by atoms with Gasteiger partial charge in [0, 0.05) is 6.04 Å². The Kier molecular flexibility index (Phi) is 5.87. The van der Waals surface area contributed by atoms with Gasteiger partial charge in [0.1, 0.15) is 0 Å². The molecule has 2 N–H and O–H groups in total. The van der Waals surface area contributed by atoms with Crippen molar-refractivity contribution in [2.24, 2.45) is 11.8 Å². The van der Waals surface area contributed by atoms with Gasteiger partial charge in [0.05, 0.1) is 6.61 Å². The predicted molar refractivity (Wildman–Crippen MR) is 80.1 cm³/mol. The highest BCUT2D eigenvalue weighted by Gasteiger charge is 2.19. The number of nitrogens with one attached hydrogen (secondary N) is 1. The van der Waals surface area contributed by atoms with E-state index in [1.54, 1.807) is 0 Å². The summed E-state index contributed by atoms with van der Waals surface area (Å²) in [7, 11) is 0. The maximum atomic E-state index is 9.50. The molecule has 0 saturated heterocycles. The van der Waals surface area contributed by atoms with Crippen LogP contribution in [0.3, 0.4) is 0 Å². The molecule has 0 aliphatic heterocycles. The van der Waals surface area contributed by atoms with Crippen LogP contribution in [-0.4, -0.2) is 24.3 Å². The molecule has 1 aliphatic rings. The van der Waals surface area contributed by atoms with E-state index >= 15 is 0 Å². The van der Waals surface area contributed by atoms with Crippen LogP contribution in [0.5, 0.6) is 0 Å².